The molecule has 1 aromatic rings. The van der Waals surface area contributed by atoms with Gasteiger partial charge in [0.1, 0.15) is 6.17 Å². The van der Waals surface area contributed by atoms with E-state index in [9.17, 15) is 0 Å². The molecule has 0 radical (unpaired) electrons. The van der Waals surface area contributed by atoms with Gasteiger partial charge < -0.3 is 10.1 Å². The van der Waals surface area contributed by atoms with E-state index in [1.54, 1.807) is 0 Å². The lowest BCUT2D eigenvalue weighted by molar-refractivity contribution is 0.0165. The van der Waals surface area contributed by atoms with Crippen molar-refractivity contribution in [1.82, 2.24) is 4.90 Å². The molecule has 0 saturated carbocycles. The van der Waals surface area contributed by atoms with Crippen LogP contribution in [0.4, 0.5) is 5.69 Å². The van der Waals surface area contributed by atoms with Gasteiger partial charge in [0.05, 0.1) is 13.2 Å². The molecule has 14 heavy (non-hydrogen) atoms. The topological polar surface area (TPSA) is 24.5 Å². The summed E-state index contributed by atoms with van der Waals surface area (Å²) in [5.41, 5.74) is 1.15. The molecule has 1 N–H and O–H groups in total. The highest BCUT2D eigenvalue weighted by atomic mass is 16.5. The number of likely N-dealkylation sites (N-methyl/N-ethyl adjacent to an activating group) is 1. The first kappa shape index (κ1) is 9.49. The first-order chi connectivity index (χ1) is 6.86. The second-order valence-corrected chi connectivity index (χ2v) is 3.58. The van der Waals surface area contributed by atoms with Crippen molar-refractivity contribution in [2.45, 2.75) is 6.17 Å². The van der Waals surface area contributed by atoms with Crippen LogP contribution in [0.15, 0.2) is 30.3 Å². The average molecular weight is 192 g/mol. The fraction of sp³-hybridized carbons (Fsp3) is 0.455. The summed E-state index contributed by atoms with van der Waals surface area (Å²) in [5, 5.41) is 3.43. The van der Waals surface area contributed by atoms with E-state index in [1.165, 1.54) is 0 Å². The third kappa shape index (κ3) is 2.25. The maximum absolute atomic E-state index is 5.42. The molecule has 1 heterocycles. The van der Waals surface area contributed by atoms with Crippen LogP contribution in [0.25, 0.3) is 0 Å². The van der Waals surface area contributed by atoms with Crippen molar-refractivity contribution in [1.29, 1.82) is 0 Å². The zero-order valence-electron chi connectivity index (χ0n) is 8.44. The van der Waals surface area contributed by atoms with Gasteiger partial charge in [-0.15, -0.1) is 0 Å². The van der Waals surface area contributed by atoms with E-state index in [4.69, 9.17) is 4.74 Å². The van der Waals surface area contributed by atoms with Crippen LogP contribution in [-0.2, 0) is 4.74 Å². The van der Waals surface area contributed by atoms with E-state index < -0.39 is 0 Å². The quantitative estimate of drug-likeness (QED) is 0.766. The van der Waals surface area contributed by atoms with E-state index in [0.717, 1.165) is 25.4 Å². The van der Waals surface area contributed by atoms with E-state index in [2.05, 4.69) is 29.4 Å². The smallest absolute Gasteiger partial charge is 0.103 e. The number of hydrogen-bond donors (Lipinski definition) is 1. The summed E-state index contributed by atoms with van der Waals surface area (Å²) in [6.07, 6.45) is 0.297. The maximum atomic E-state index is 5.42. The molecule has 2 rings (SSSR count). The van der Waals surface area contributed by atoms with Gasteiger partial charge in [-0.05, 0) is 19.2 Å². The highest BCUT2D eigenvalue weighted by Gasteiger charge is 2.18. The molecule has 0 amide bonds. The zero-order valence-corrected chi connectivity index (χ0v) is 8.44. The number of benzene rings is 1. The monoisotopic (exact) mass is 192 g/mol. The second-order valence-electron chi connectivity index (χ2n) is 3.58. The van der Waals surface area contributed by atoms with Crippen molar-refractivity contribution in [2.75, 3.05) is 32.1 Å². The van der Waals surface area contributed by atoms with Gasteiger partial charge in [0.15, 0.2) is 0 Å². The van der Waals surface area contributed by atoms with Gasteiger partial charge in [-0.25, -0.2) is 0 Å². The predicted molar refractivity (Wildman–Crippen MR) is 57.3 cm³/mol. The number of morpholine rings is 1. The number of ether oxygens (including phenoxy) is 1. The molecule has 0 aromatic heterocycles. The summed E-state index contributed by atoms with van der Waals surface area (Å²) in [7, 11) is 2.11. The minimum absolute atomic E-state index is 0.297. The Hall–Kier alpha value is -1.06. The van der Waals surface area contributed by atoms with E-state index in [0.29, 0.717) is 6.17 Å². The summed E-state index contributed by atoms with van der Waals surface area (Å²) in [6.45, 7) is 2.58. The molecule has 3 nitrogen and oxygen atoms in total. The Morgan fingerprint density at radius 3 is 2.86 bits per heavy atom. The van der Waals surface area contributed by atoms with Crippen LogP contribution in [0.1, 0.15) is 0 Å². The summed E-state index contributed by atoms with van der Waals surface area (Å²) in [6, 6.07) is 10.2. The van der Waals surface area contributed by atoms with Gasteiger partial charge in [-0.2, -0.15) is 0 Å². The first-order valence-corrected chi connectivity index (χ1v) is 4.96. The van der Waals surface area contributed by atoms with Crippen molar-refractivity contribution in [3.63, 3.8) is 0 Å². The Morgan fingerprint density at radius 2 is 2.14 bits per heavy atom. The fourth-order valence-corrected chi connectivity index (χ4v) is 1.57. The van der Waals surface area contributed by atoms with Crippen molar-refractivity contribution in [3.8, 4) is 0 Å². The molecule has 1 atom stereocenters. The zero-order chi connectivity index (χ0) is 9.80. The van der Waals surface area contributed by atoms with Crippen LogP contribution in [-0.4, -0.2) is 37.9 Å². The van der Waals surface area contributed by atoms with Crippen molar-refractivity contribution in [2.24, 2.45) is 0 Å². The van der Waals surface area contributed by atoms with Crippen LogP contribution in [0, 0.1) is 0 Å². The van der Waals surface area contributed by atoms with Gasteiger partial charge in [-0.1, -0.05) is 18.2 Å². The van der Waals surface area contributed by atoms with E-state index in [1.807, 2.05) is 18.2 Å². The SMILES string of the molecule is CN1CCOCC1Nc1ccccc1. The molecule has 1 aromatic carbocycles. The summed E-state index contributed by atoms with van der Waals surface area (Å²) >= 11 is 0. The van der Waals surface area contributed by atoms with E-state index >= 15 is 0 Å². The minimum atomic E-state index is 0.297. The van der Waals surface area contributed by atoms with Crippen molar-refractivity contribution in [3.05, 3.63) is 30.3 Å². The predicted octanol–water partition coefficient (Wildman–Crippen LogP) is 1.39. The van der Waals surface area contributed by atoms with Gasteiger partial charge in [0, 0.05) is 12.2 Å². The Kier molecular flexibility index (Phi) is 3.01. The molecule has 1 saturated heterocycles. The Bertz CT molecular complexity index is 276. The third-order valence-corrected chi connectivity index (χ3v) is 2.50. The Morgan fingerprint density at radius 1 is 1.36 bits per heavy atom. The van der Waals surface area contributed by atoms with Crippen LogP contribution in [0.5, 0.6) is 0 Å². The lowest BCUT2D eigenvalue weighted by Crippen LogP contribution is -2.47. The average Bonchev–Trinajstić information content (AvgIpc) is 2.23. The molecule has 3 heteroatoms. The lowest BCUT2D eigenvalue weighted by atomic mass is 10.3. The first-order valence-electron chi connectivity index (χ1n) is 4.96. The molecule has 1 aliphatic rings. The molecule has 0 aliphatic carbocycles. The largest absolute Gasteiger partial charge is 0.377 e. The van der Waals surface area contributed by atoms with Gasteiger partial charge in [-0.3, -0.25) is 4.90 Å². The molecule has 1 fully saturated rings. The second kappa shape index (κ2) is 4.44. The molecule has 1 aliphatic heterocycles. The number of rotatable bonds is 2. The normalized spacial score (nSPS) is 23.4. The number of para-hydroxylation sites is 1. The highest BCUT2D eigenvalue weighted by Crippen LogP contribution is 2.11. The Labute approximate surface area is 84.7 Å². The van der Waals surface area contributed by atoms with Crippen LogP contribution in [0.2, 0.25) is 0 Å². The standard InChI is InChI=1S/C11H16N2O/c1-13-7-8-14-9-11(13)12-10-5-3-2-4-6-10/h2-6,11-12H,7-9H2,1H3. The molecule has 76 valence electrons. The number of nitrogens with one attached hydrogen (secondary N) is 1. The fourth-order valence-electron chi connectivity index (χ4n) is 1.57. The summed E-state index contributed by atoms with van der Waals surface area (Å²) < 4.78 is 5.42. The van der Waals surface area contributed by atoms with Crippen LogP contribution < -0.4 is 5.32 Å². The number of nitrogens with zero attached hydrogens (tertiary/aromatic N) is 1. The third-order valence-electron chi connectivity index (χ3n) is 2.50. The molecule has 1 unspecified atom stereocenters. The highest BCUT2D eigenvalue weighted by molar-refractivity contribution is 5.43. The Balaban J connectivity index is 1.96. The lowest BCUT2D eigenvalue weighted by Gasteiger charge is -2.33. The van der Waals surface area contributed by atoms with E-state index in [-0.39, 0.29) is 0 Å². The summed E-state index contributed by atoms with van der Waals surface area (Å²) in [5.74, 6) is 0. The number of anilines is 1. The molecule has 0 bridgehead atoms. The molecule has 0 spiro atoms. The summed E-state index contributed by atoms with van der Waals surface area (Å²) in [4.78, 5) is 2.27. The molecular weight excluding hydrogens is 176 g/mol. The van der Waals surface area contributed by atoms with Crippen molar-refractivity contribution >= 4 is 5.69 Å². The van der Waals surface area contributed by atoms with Gasteiger partial charge >= 0.3 is 0 Å². The van der Waals surface area contributed by atoms with Gasteiger partial charge in [0.2, 0.25) is 0 Å². The minimum Gasteiger partial charge on any atom is -0.377 e. The van der Waals surface area contributed by atoms with Crippen LogP contribution >= 0.6 is 0 Å². The van der Waals surface area contributed by atoms with Crippen LogP contribution in [0.3, 0.4) is 0 Å². The van der Waals surface area contributed by atoms with Crippen molar-refractivity contribution < 1.29 is 4.74 Å². The number of hydrogen-bond acceptors (Lipinski definition) is 3. The molecular formula is C11H16N2O. The van der Waals surface area contributed by atoms with Gasteiger partial charge in [0.25, 0.3) is 0 Å². The maximum Gasteiger partial charge on any atom is 0.103 e.